The van der Waals surface area contributed by atoms with Gasteiger partial charge >= 0.3 is 0 Å². The van der Waals surface area contributed by atoms with E-state index in [1.54, 1.807) is 36.4 Å². The molecule has 5 nitrogen and oxygen atoms in total. The zero-order valence-corrected chi connectivity index (χ0v) is 12.2. The molecule has 2 aromatic carbocycles. The first kappa shape index (κ1) is 14.2. The zero-order valence-electron chi connectivity index (χ0n) is 11.4. The lowest BCUT2D eigenvalue weighted by atomic mass is 10.3. The average Bonchev–Trinajstić information content (AvgIpc) is 2.38. The fraction of sp³-hybridized carbons (Fsp3) is 0.143. The number of sulfonamides is 1. The van der Waals surface area contributed by atoms with E-state index >= 15 is 0 Å². The van der Waals surface area contributed by atoms with Crippen molar-refractivity contribution in [3.05, 3.63) is 48.5 Å². The summed E-state index contributed by atoms with van der Waals surface area (Å²) in [5, 5.41) is 0. The lowest BCUT2D eigenvalue weighted by molar-refractivity contribution is 0.601. The molecule has 0 amide bonds. The highest BCUT2D eigenvalue weighted by atomic mass is 32.2. The van der Waals surface area contributed by atoms with Crippen molar-refractivity contribution in [3.63, 3.8) is 0 Å². The minimum Gasteiger partial charge on any atom is -0.398 e. The highest BCUT2D eigenvalue weighted by molar-refractivity contribution is 7.92. The lowest BCUT2D eigenvalue weighted by Gasteiger charge is -2.15. The molecular weight excluding hydrogens is 274 g/mol. The summed E-state index contributed by atoms with van der Waals surface area (Å²) in [4.78, 5) is 1.98. The maximum atomic E-state index is 12.3. The topological polar surface area (TPSA) is 75.4 Å². The van der Waals surface area contributed by atoms with Crippen LogP contribution in [-0.2, 0) is 10.0 Å². The van der Waals surface area contributed by atoms with Crippen molar-refractivity contribution in [3.8, 4) is 0 Å². The molecule has 106 valence electrons. The van der Waals surface area contributed by atoms with Gasteiger partial charge in [-0.2, -0.15) is 0 Å². The third-order valence-corrected chi connectivity index (χ3v) is 4.28. The van der Waals surface area contributed by atoms with Crippen LogP contribution in [0.2, 0.25) is 0 Å². The van der Waals surface area contributed by atoms with Gasteiger partial charge in [0, 0.05) is 19.8 Å². The summed E-state index contributed by atoms with van der Waals surface area (Å²) in [5.41, 5.74) is 7.34. The Bertz CT molecular complexity index is 712. The molecule has 20 heavy (non-hydrogen) atoms. The van der Waals surface area contributed by atoms with E-state index in [4.69, 9.17) is 5.73 Å². The van der Waals surface area contributed by atoms with Crippen LogP contribution in [-0.4, -0.2) is 22.5 Å². The van der Waals surface area contributed by atoms with Gasteiger partial charge in [-0.15, -0.1) is 0 Å². The summed E-state index contributed by atoms with van der Waals surface area (Å²) in [5.74, 6) is 0. The Hall–Kier alpha value is -2.21. The molecule has 0 aliphatic rings. The predicted octanol–water partition coefficient (Wildman–Crippen LogP) is 2.14. The average molecular weight is 291 g/mol. The van der Waals surface area contributed by atoms with Gasteiger partial charge in [0.1, 0.15) is 4.90 Å². The van der Waals surface area contributed by atoms with Crippen molar-refractivity contribution in [1.82, 2.24) is 0 Å². The number of para-hydroxylation sites is 1. The van der Waals surface area contributed by atoms with Gasteiger partial charge in [-0.25, -0.2) is 8.42 Å². The Kier molecular flexibility index (Phi) is 3.85. The second kappa shape index (κ2) is 5.42. The van der Waals surface area contributed by atoms with Gasteiger partial charge in [0.15, 0.2) is 0 Å². The number of rotatable bonds is 4. The number of anilines is 3. The predicted molar refractivity (Wildman–Crippen MR) is 82.4 cm³/mol. The minimum absolute atomic E-state index is 0.0789. The molecule has 0 radical (unpaired) electrons. The van der Waals surface area contributed by atoms with Crippen LogP contribution in [0.25, 0.3) is 0 Å². The van der Waals surface area contributed by atoms with Crippen molar-refractivity contribution in [1.29, 1.82) is 0 Å². The van der Waals surface area contributed by atoms with Gasteiger partial charge in [-0.3, -0.25) is 4.72 Å². The van der Waals surface area contributed by atoms with Gasteiger partial charge in [0.05, 0.1) is 11.4 Å². The van der Waals surface area contributed by atoms with Crippen LogP contribution >= 0.6 is 0 Å². The highest BCUT2D eigenvalue weighted by Crippen LogP contribution is 2.23. The SMILES string of the molecule is CN(C)c1cccc(NS(=O)(=O)c2ccccc2N)c1. The van der Waals surface area contributed by atoms with Crippen LogP contribution in [0.5, 0.6) is 0 Å². The highest BCUT2D eigenvalue weighted by Gasteiger charge is 2.17. The molecule has 2 rings (SSSR count). The first-order valence-corrected chi connectivity index (χ1v) is 7.53. The van der Waals surface area contributed by atoms with E-state index in [2.05, 4.69) is 4.72 Å². The standard InChI is InChI=1S/C14H17N3O2S/c1-17(2)12-7-5-6-11(10-12)16-20(18,19)14-9-4-3-8-13(14)15/h3-10,16H,15H2,1-2H3. The molecule has 0 unspecified atom stereocenters. The van der Waals surface area contributed by atoms with E-state index < -0.39 is 10.0 Å². The molecule has 3 N–H and O–H groups in total. The summed E-state index contributed by atoms with van der Waals surface area (Å²) in [6.45, 7) is 0. The van der Waals surface area contributed by atoms with E-state index in [1.807, 2.05) is 25.1 Å². The number of hydrogen-bond acceptors (Lipinski definition) is 4. The van der Waals surface area contributed by atoms with E-state index in [9.17, 15) is 8.42 Å². The van der Waals surface area contributed by atoms with Crippen LogP contribution in [0.3, 0.4) is 0 Å². The molecule has 0 saturated heterocycles. The van der Waals surface area contributed by atoms with Gasteiger partial charge in [-0.1, -0.05) is 18.2 Å². The Morgan fingerprint density at radius 2 is 1.75 bits per heavy atom. The molecule has 2 aromatic rings. The number of hydrogen-bond donors (Lipinski definition) is 2. The first-order valence-electron chi connectivity index (χ1n) is 6.05. The van der Waals surface area contributed by atoms with Gasteiger partial charge in [0.25, 0.3) is 10.0 Å². The molecule has 0 bridgehead atoms. The largest absolute Gasteiger partial charge is 0.398 e. The molecule has 0 heterocycles. The zero-order chi connectivity index (χ0) is 14.8. The molecule has 0 atom stereocenters. The summed E-state index contributed by atoms with van der Waals surface area (Å²) in [6, 6.07) is 13.5. The Balaban J connectivity index is 2.34. The van der Waals surface area contributed by atoms with E-state index in [1.165, 1.54) is 6.07 Å². The number of nitrogen functional groups attached to an aromatic ring is 1. The second-order valence-corrected chi connectivity index (χ2v) is 6.24. The van der Waals surface area contributed by atoms with Crippen LogP contribution in [0.1, 0.15) is 0 Å². The summed E-state index contributed by atoms with van der Waals surface area (Å²) >= 11 is 0. The third-order valence-electron chi connectivity index (χ3n) is 2.82. The van der Waals surface area contributed by atoms with Crippen LogP contribution in [0, 0.1) is 0 Å². The van der Waals surface area contributed by atoms with Crippen molar-refractivity contribution in [2.75, 3.05) is 29.5 Å². The number of nitrogens with one attached hydrogen (secondary N) is 1. The molecule has 0 saturated carbocycles. The molecular formula is C14H17N3O2S. The van der Waals surface area contributed by atoms with E-state index in [0.717, 1.165) is 5.69 Å². The van der Waals surface area contributed by atoms with Gasteiger partial charge < -0.3 is 10.6 Å². The van der Waals surface area contributed by atoms with Gasteiger partial charge in [0.2, 0.25) is 0 Å². The molecule has 0 aliphatic carbocycles. The van der Waals surface area contributed by atoms with Crippen LogP contribution < -0.4 is 15.4 Å². The monoisotopic (exact) mass is 291 g/mol. The smallest absolute Gasteiger partial charge is 0.263 e. The summed E-state index contributed by atoms with van der Waals surface area (Å²) in [7, 11) is 0.103. The lowest BCUT2D eigenvalue weighted by Crippen LogP contribution is -2.15. The molecule has 0 aliphatic heterocycles. The molecule has 6 heteroatoms. The maximum absolute atomic E-state index is 12.3. The minimum atomic E-state index is -3.68. The van der Waals surface area contributed by atoms with Crippen molar-refractivity contribution < 1.29 is 8.42 Å². The first-order chi connectivity index (χ1) is 9.40. The van der Waals surface area contributed by atoms with Crippen LogP contribution in [0.4, 0.5) is 17.1 Å². The van der Waals surface area contributed by atoms with Crippen molar-refractivity contribution in [2.45, 2.75) is 4.90 Å². The number of benzene rings is 2. The summed E-state index contributed by atoms with van der Waals surface area (Å²) in [6.07, 6.45) is 0. The quantitative estimate of drug-likeness (QED) is 0.846. The van der Waals surface area contributed by atoms with Crippen LogP contribution in [0.15, 0.2) is 53.4 Å². The number of nitrogens with zero attached hydrogens (tertiary/aromatic N) is 1. The molecule has 0 fully saturated rings. The molecule has 0 aromatic heterocycles. The Morgan fingerprint density at radius 1 is 1.05 bits per heavy atom. The van der Waals surface area contributed by atoms with E-state index in [0.29, 0.717) is 5.69 Å². The Labute approximate surface area is 119 Å². The fourth-order valence-corrected chi connectivity index (χ4v) is 2.97. The molecule has 0 spiro atoms. The van der Waals surface area contributed by atoms with E-state index in [-0.39, 0.29) is 10.6 Å². The summed E-state index contributed by atoms with van der Waals surface area (Å²) < 4.78 is 27.1. The maximum Gasteiger partial charge on any atom is 0.263 e. The van der Waals surface area contributed by atoms with Gasteiger partial charge in [-0.05, 0) is 30.3 Å². The normalized spacial score (nSPS) is 11.1. The third kappa shape index (κ3) is 3.03. The second-order valence-electron chi connectivity index (χ2n) is 4.59. The Morgan fingerprint density at radius 3 is 2.40 bits per heavy atom. The van der Waals surface area contributed by atoms with Crippen molar-refractivity contribution in [2.24, 2.45) is 0 Å². The fourth-order valence-electron chi connectivity index (χ4n) is 1.78. The number of nitrogens with two attached hydrogens (primary N) is 1. The van der Waals surface area contributed by atoms with Crippen molar-refractivity contribution >= 4 is 27.1 Å².